The fourth-order valence-corrected chi connectivity index (χ4v) is 2.48. The van der Waals surface area contributed by atoms with E-state index in [1.807, 2.05) is 12.1 Å². The molecule has 1 aliphatic heterocycles. The Morgan fingerprint density at radius 2 is 2.11 bits per heavy atom. The second-order valence-electron chi connectivity index (χ2n) is 4.95. The Hall–Kier alpha value is -1.62. The highest BCUT2D eigenvalue weighted by atomic mass is 16.6. The van der Waals surface area contributed by atoms with Crippen molar-refractivity contribution in [2.75, 3.05) is 32.1 Å². The molecule has 0 amide bonds. The molecule has 1 unspecified atom stereocenters. The van der Waals surface area contributed by atoms with Gasteiger partial charge < -0.3 is 9.80 Å². The Morgan fingerprint density at radius 3 is 2.78 bits per heavy atom. The summed E-state index contributed by atoms with van der Waals surface area (Å²) in [6.07, 6.45) is 2.24. The van der Waals surface area contributed by atoms with E-state index in [0.29, 0.717) is 6.04 Å². The van der Waals surface area contributed by atoms with Gasteiger partial charge in [-0.3, -0.25) is 10.1 Å². The number of rotatable bonds is 3. The van der Waals surface area contributed by atoms with Gasteiger partial charge in [-0.2, -0.15) is 0 Å². The third kappa shape index (κ3) is 2.61. The number of hydrogen-bond donors (Lipinski definition) is 0. The summed E-state index contributed by atoms with van der Waals surface area (Å²) in [4.78, 5) is 15.1. The quantitative estimate of drug-likeness (QED) is 0.608. The van der Waals surface area contributed by atoms with Gasteiger partial charge in [0.2, 0.25) is 0 Å². The first-order valence-electron chi connectivity index (χ1n) is 6.24. The topological polar surface area (TPSA) is 49.6 Å². The van der Waals surface area contributed by atoms with E-state index in [1.165, 1.54) is 0 Å². The lowest BCUT2D eigenvalue weighted by Crippen LogP contribution is -2.45. The van der Waals surface area contributed by atoms with Crippen molar-refractivity contribution in [3.63, 3.8) is 0 Å². The molecule has 1 saturated heterocycles. The molecule has 18 heavy (non-hydrogen) atoms. The minimum absolute atomic E-state index is 0.205. The molecule has 1 atom stereocenters. The van der Waals surface area contributed by atoms with Gasteiger partial charge in [0.15, 0.2) is 0 Å². The zero-order chi connectivity index (χ0) is 13.1. The van der Waals surface area contributed by atoms with Crippen LogP contribution in [0.3, 0.4) is 0 Å². The van der Waals surface area contributed by atoms with Crippen LogP contribution < -0.4 is 4.90 Å². The number of para-hydroxylation sites is 2. The van der Waals surface area contributed by atoms with E-state index in [0.717, 1.165) is 31.6 Å². The summed E-state index contributed by atoms with van der Waals surface area (Å²) in [5, 5.41) is 11.0. The minimum atomic E-state index is -0.297. The number of anilines is 1. The SMILES string of the molecule is CN(C)C1CCCN(c2ccccc2[N+](=O)[O-])C1. The Labute approximate surface area is 107 Å². The van der Waals surface area contributed by atoms with Crippen molar-refractivity contribution in [3.8, 4) is 0 Å². The molecular formula is C13H19N3O2. The highest BCUT2D eigenvalue weighted by molar-refractivity contribution is 5.63. The van der Waals surface area contributed by atoms with Gasteiger partial charge in [0.25, 0.3) is 5.69 Å². The second-order valence-corrected chi connectivity index (χ2v) is 4.95. The maximum atomic E-state index is 11.0. The predicted molar refractivity (Wildman–Crippen MR) is 72.0 cm³/mol. The average Bonchev–Trinajstić information content (AvgIpc) is 2.39. The van der Waals surface area contributed by atoms with Gasteiger partial charge in [-0.15, -0.1) is 0 Å². The Bertz CT molecular complexity index is 434. The van der Waals surface area contributed by atoms with Gasteiger partial charge >= 0.3 is 0 Å². The number of nitro benzene ring substituents is 1. The Kier molecular flexibility index (Phi) is 3.81. The van der Waals surface area contributed by atoms with Crippen molar-refractivity contribution in [3.05, 3.63) is 34.4 Å². The van der Waals surface area contributed by atoms with Crippen LogP contribution in [0.1, 0.15) is 12.8 Å². The molecule has 0 aliphatic carbocycles. The van der Waals surface area contributed by atoms with E-state index >= 15 is 0 Å². The predicted octanol–water partition coefficient (Wildman–Crippen LogP) is 2.13. The fraction of sp³-hybridized carbons (Fsp3) is 0.538. The van der Waals surface area contributed by atoms with Gasteiger partial charge in [0, 0.05) is 25.2 Å². The van der Waals surface area contributed by atoms with Crippen molar-refractivity contribution in [2.24, 2.45) is 0 Å². The van der Waals surface area contributed by atoms with E-state index in [-0.39, 0.29) is 10.6 Å². The van der Waals surface area contributed by atoms with Crippen LogP contribution in [0.5, 0.6) is 0 Å². The van der Waals surface area contributed by atoms with E-state index in [2.05, 4.69) is 23.9 Å². The van der Waals surface area contributed by atoms with Crippen molar-refractivity contribution >= 4 is 11.4 Å². The normalized spacial score (nSPS) is 20.2. The first-order chi connectivity index (χ1) is 8.59. The van der Waals surface area contributed by atoms with Crippen LogP contribution in [-0.2, 0) is 0 Å². The number of likely N-dealkylation sites (N-methyl/N-ethyl adjacent to an activating group) is 1. The fourth-order valence-electron chi connectivity index (χ4n) is 2.48. The van der Waals surface area contributed by atoms with Gasteiger partial charge in [-0.1, -0.05) is 12.1 Å². The molecule has 0 bridgehead atoms. The van der Waals surface area contributed by atoms with E-state index in [9.17, 15) is 10.1 Å². The van der Waals surface area contributed by atoms with Crippen molar-refractivity contribution in [1.82, 2.24) is 4.90 Å². The van der Waals surface area contributed by atoms with Crippen LogP contribution in [0, 0.1) is 10.1 Å². The maximum absolute atomic E-state index is 11.0. The molecule has 1 fully saturated rings. The van der Waals surface area contributed by atoms with Crippen molar-refractivity contribution < 1.29 is 4.92 Å². The molecule has 0 spiro atoms. The summed E-state index contributed by atoms with van der Waals surface area (Å²) in [6.45, 7) is 1.76. The van der Waals surface area contributed by atoms with Crippen LogP contribution >= 0.6 is 0 Å². The lowest BCUT2D eigenvalue weighted by Gasteiger charge is -2.37. The van der Waals surface area contributed by atoms with Gasteiger partial charge in [-0.05, 0) is 33.0 Å². The number of hydrogen-bond acceptors (Lipinski definition) is 4. The molecule has 5 heteroatoms. The molecule has 1 aliphatic rings. The lowest BCUT2D eigenvalue weighted by atomic mass is 10.0. The Balaban J connectivity index is 2.23. The molecule has 0 N–H and O–H groups in total. The van der Waals surface area contributed by atoms with Gasteiger partial charge in [0.05, 0.1) is 4.92 Å². The van der Waals surface area contributed by atoms with Crippen LogP contribution in [0.4, 0.5) is 11.4 Å². The zero-order valence-corrected chi connectivity index (χ0v) is 10.9. The molecule has 5 nitrogen and oxygen atoms in total. The lowest BCUT2D eigenvalue weighted by molar-refractivity contribution is -0.384. The molecule has 1 aromatic carbocycles. The highest BCUT2D eigenvalue weighted by Crippen LogP contribution is 2.30. The summed E-state index contributed by atoms with van der Waals surface area (Å²) >= 11 is 0. The summed E-state index contributed by atoms with van der Waals surface area (Å²) in [7, 11) is 4.13. The molecule has 1 heterocycles. The molecule has 98 valence electrons. The summed E-state index contributed by atoms with van der Waals surface area (Å²) in [6, 6.07) is 7.47. The zero-order valence-electron chi connectivity index (χ0n) is 10.9. The van der Waals surface area contributed by atoms with Gasteiger partial charge in [0.1, 0.15) is 5.69 Å². The average molecular weight is 249 g/mol. The second kappa shape index (κ2) is 5.35. The Morgan fingerprint density at radius 1 is 1.39 bits per heavy atom. The van der Waals surface area contributed by atoms with E-state index in [1.54, 1.807) is 12.1 Å². The summed E-state index contributed by atoms with van der Waals surface area (Å²) in [5.41, 5.74) is 0.950. The molecular weight excluding hydrogens is 230 g/mol. The highest BCUT2D eigenvalue weighted by Gasteiger charge is 2.25. The number of piperidine rings is 1. The molecule has 1 aromatic rings. The number of nitrogens with zero attached hydrogens (tertiary/aromatic N) is 3. The third-order valence-corrected chi connectivity index (χ3v) is 3.55. The molecule has 0 saturated carbocycles. The molecule has 0 aromatic heterocycles. The first kappa shape index (κ1) is 12.8. The van der Waals surface area contributed by atoms with Crippen LogP contribution in [-0.4, -0.2) is 43.0 Å². The van der Waals surface area contributed by atoms with E-state index in [4.69, 9.17) is 0 Å². The first-order valence-corrected chi connectivity index (χ1v) is 6.24. The van der Waals surface area contributed by atoms with E-state index < -0.39 is 0 Å². The minimum Gasteiger partial charge on any atom is -0.364 e. The largest absolute Gasteiger partial charge is 0.364 e. The number of nitro groups is 1. The van der Waals surface area contributed by atoms with Crippen molar-refractivity contribution in [1.29, 1.82) is 0 Å². The molecule has 2 rings (SSSR count). The summed E-state index contributed by atoms with van der Waals surface area (Å²) in [5.74, 6) is 0. The smallest absolute Gasteiger partial charge is 0.292 e. The van der Waals surface area contributed by atoms with Crippen LogP contribution in [0.2, 0.25) is 0 Å². The standard InChI is InChI=1S/C13H19N3O2/c1-14(2)11-6-5-9-15(10-11)12-7-3-4-8-13(12)16(17)18/h3-4,7-8,11H,5-6,9-10H2,1-2H3. The monoisotopic (exact) mass is 249 g/mol. The number of benzene rings is 1. The molecule has 0 radical (unpaired) electrons. The van der Waals surface area contributed by atoms with Crippen LogP contribution in [0.15, 0.2) is 24.3 Å². The van der Waals surface area contributed by atoms with Crippen molar-refractivity contribution in [2.45, 2.75) is 18.9 Å². The van der Waals surface area contributed by atoms with Gasteiger partial charge in [-0.25, -0.2) is 0 Å². The third-order valence-electron chi connectivity index (χ3n) is 3.55. The van der Waals surface area contributed by atoms with Crippen LogP contribution in [0.25, 0.3) is 0 Å². The maximum Gasteiger partial charge on any atom is 0.292 e. The summed E-state index contributed by atoms with van der Waals surface area (Å²) < 4.78 is 0.